The van der Waals surface area contributed by atoms with Crippen molar-refractivity contribution >= 4 is 52.7 Å². The van der Waals surface area contributed by atoms with Gasteiger partial charge in [0.15, 0.2) is 0 Å². The zero-order valence-electron chi connectivity index (χ0n) is 17.4. The van der Waals surface area contributed by atoms with Crippen LogP contribution >= 0.6 is 35.0 Å². The fourth-order valence-electron chi connectivity index (χ4n) is 2.71. The third kappa shape index (κ3) is 6.03. The summed E-state index contributed by atoms with van der Waals surface area (Å²) in [5.41, 5.74) is 2.32. The van der Waals surface area contributed by atoms with Crippen LogP contribution in [0.25, 0.3) is 0 Å². The smallest absolute Gasteiger partial charge is 0.344 e. The molecule has 0 bridgehead atoms. The molecule has 3 rings (SSSR count). The first kappa shape index (κ1) is 23.2. The molecule has 3 aromatic rings. The number of methoxy groups -OCH3 is 1. The lowest BCUT2D eigenvalue weighted by Crippen LogP contribution is -2.18. The SMILES string of the molecule is COC(=O)c1c(NCc2ccc(Cl)c(Cl)c2)nc(N(C)C)nc1SCc1ccccc1. The van der Waals surface area contributed by atoms with Crippen LogP contribution in [0.5, 0.6) is 0 Å². The highest BCUT2D eigenvalue weighted by atomic mass is 35.5. The average Bonchev–Trinajstić information content (AvgIpc) is 2.78. The van der Waals surface area contributed by atoms with Gasteiger partial charge in [0, 0.05) is 26.4 Å². The standard InChI is InChI=1S/C22H22Cl2N4O2S/c1-28(2)22-26-19(25-12-15-9-10-16(23)17(24)11-15)18(21(29)30-3)20(27-22)31-13-14-7-5-4-6-8-14/h4-11H,12-13H2,1-3H3,(H,25,26,27). The molecule has 0 spiro atoms. The molecule has 0 saturated carbocycles. The van der Waals surface area contributed by atoms with Crippen molar-refractivity contribution in [2.45, 2.75) is 17.3 Å². The fourth-order valence-corrected chi connectivity index (χ4v) is 4.00. The first-order valence-corrected chi connectivity index (χ1v) is 11.2. The van der Waals surface area contributed by atoms with Crippen molar-refractivity contribution in [1.82, 2.24) is 9.97 Å². The van der Waals surface area contributed by atoms with Gasteiger partial charge in [0.05, 0.1) is 17.2 Å². The molecule has 2 aromatic carbocycles. The van der Waals surface area contributed by atoms with E-state index >= 15 is 0 Å². The highest BCUT2D eigenvalue weighted by molar-refractivity contribution is 7.98. The Kier molecular flexibility index (Phi) is 8.01. The Labute approximate surface area is 195 Å². The largest absolute Gasteiger partial charge is 0.465 e. The van der Waals surface area contributed by atoms with Gasteiger partial charge in [-0.15, -0.1) is 11.8 Å². The molecular formula is C22H22Cl2N4O2S. The van der Waals surface area contributed by atoms with Gasteiger partial charge in [-0.3, -0.25) is 0 Å². The minimum absolute atomic E-state index is 0.300. The molecule has 1 aromatic heterocycles. The van der Waals surface area contributed by atoms with Crippen LogP contribution < -0.4 is 10.2 Å². The van der Waals surface area contributed by atoms with Crippen molar-refractivity contribution in [1.29, 1.82) is 0 Å². The predicted molar refractivity (Wildman–Crippen MR) is 127 cm³/mol. The summed E-state index contributed by atoms with van der Waals surface area (Å²) in [5, 5.41) is 4.73. The predicted octanol–water partition coefficient (Wildman–Crippen LogP) is 5.54. The van der Waals surface area contributed by atoms with Crippen LogP contribution in [-0.4, -0.2) is 37.1 Å². The highest BCUT2D eigenvalue weighted by Gasteiger charge is 2.23. The van der Waals surface area contributed by atoms with Crippen LogP contribution in [-0.2, 0) is 17.0 Å². The Balaban J connectivity index is 1.95. The maximum Gasteiger partial charge on any atom is 0.344 e. The minimum Gasteiger partial charge on any atom is -0.465 e. The van der Waals surface area contributed by atoms with E-state index in [1.54, 1.807) is 17.0 Å². The first-order valence-electron chi connectivity index (χ1n) is 9.41. The molecule has 0 unspecified atom stereocenters. The highest BCUT2D eigenvalue weighted by Crippen LogP contribution is 2.31. The molecular weight excluding hydrogens is 455 g/mol. The van der Waals surface area contributed by atoms with Gasteiger partial charge in [-0.2, -0.15) is 4.98 Å². The van der Waals surface area contributed by atoms with Gasteiger partial charge in [-0.05, 0) is 23.3 Å². The Bertz CT molecular complexity index is 1060. The van der Waals surface area contributed by atoms with Crippen LogP contribution in [0.1, 0.15) is 21.5 Å². The topological polar surface area (TPSA) is 67.3 Å². The lowest BCUT2D eigenvalue weighted by molar-refractivity contribution is 0.0596. The van der Waals surface area contributed by atoms with E-state index in [0.29, 0.717) is 44.7 Å². The first-order chi connectivity index (χ1) is 14.9. The number of anilines is 2. The summed E-state index contributed by atoms with van der Waals surface area (Å²) < 4.78 is 5.03. The van der Waals surface area contributed by atoms with Gasteiger partial charge in [-0.25, -0.2) is 9.78 Å². The molecule has 1 N–H and O–H groups in total. The van der Waals surface area contributed by atoms with Crippen molar-refractivity contribution in [3.63, 3.8) is 0 Å². The molecule has 0 aliphatic carbocycles. The zero-order chi connectivity index (χ0) is 22.4. The summed E-state index contributed by atoms with van der Waals surface area (Å²) in [6.07, 6.45) is 0. The summed E-state index contributed by atoms with van der Waals surface area (Å²) in [7, 11) is 5.04. The normalized spacial score (nSPS) is 10.6. The number of carbonyl (C=O) groups is 1. The number of nitrogens with zero attached hydrogens (tertiary/aromatic N) is 3. The van der Waals surface area contributed by atoms with Crippen molar-refractivity contribution in [3.05, 3.63) is 75.3 Å². The number of hydrogen-bond acceptors (Lipinski definition) is 7. The van der Waals surface area contributed by atoms with E-state index in [9.17, 15) is 4.79 Å². The van der Waals surface area contributed by atoms with E-state index in [0.717, 1.165) is 11.1 Å². The number of aromatic nitrogens is 2. The number of hydrogen-bond donors (Lipinski definition) is 1. The molecule has 162 valence electrons. The van der Waals surface area contributed by atoms with E-state index in [1.165, 1.54) is 18.9 Å². The van der Waals surface area contributed by atoms with Crippen LogP contribution in [0, 0.1) is 0 Å². The third-order valence-corrected chi connectivity index (χ3v) is 6.10. The quantitative estimate of drug-likeness (QED) is 0.260. The molecule has 0 radical (unpaired) electrons. The average molecular weight is 477 g/mol. The number of benzene rings is 2. The van der Waals surface area contributed by atoms with Gasteiger partial charge in [0.2, 0.25) is 5.95 Å². The third-order valence-electron chi connectivity index (χ3n) is 4.32. The molecule has 31 heavy (non-hydrogen) atoms. The molecule has 0 amide bonds. The Hall–Kier alpha value is -2.48. The minimum atomic E-state index is -0.502. The second kappa shape index (κ2) is 10.7. The maximum atomic E-state index is 12.6. The molecule has 0 fully saturated rings. The number of esters is 1. The van der Waals surface area contributed by atoms with E-state index in [2.05, 4.69) is 15.3 Å². The van der Waals surface area contributed by atoms with Gasteiger partial charge >= 0.3 is 5.97 Å². The van der Waals surface area contributed by atoms with Crippen LogP contribution in [0.4, 0.5) is 11.8 Å². The number of halogens is 2. The molecule has 0 aliphatic heterocycles. The maximum absolute atomic E-state index is 12.6. The van der Waals surface area contributed by atoms with Gasteiger partial charge in [0.25, 0.3) is 0 Å². The Morgan fingerprint density at radius 3 is 2.45 bits per heavy atom. The molecule has 0 aliphatic rings. The number of rotatable bonds is 8. The molecule has 0 saturated heterocycles. The van der Waals surface area contributed by atoms with Crippen LogP contribution in [0.15, 0.2) is 53.6 Å². The van der Waals surface area contributed by atoms with Crippen molar-refractivity contribution in [3.8, 4) is 0 Å². The van der Waals surface area contributed by atoms with Crippen LogP contribution in [0.3, 0.4) is 0 Å². The fraction of sp³-hybridized carbons (Fsp3) is 0.227. The number of nitrogens with one attached hydrogen (secondary N) is 1. The Morgan fingerprint density at radius 1 is 1.06 bits per heavy atom. The molecule has 9 heteroatoms. The summed E-state index contributed by atoms with van der Waals surface area (Å²) in [6.45, 7) is 0.396. The zero-order valence-corrected chi connectivity index (χ0v) is 19.7. The lowest BCUT2D eigenvalue weighted by Gasteiger charge is -2.18. The van der Waals surface area contributed by atoms with E-state index < -0.39 is 5.97 Å². The van der Waals surface area contributed by atoms with E-state index in [-0.39, 0.29) is 0 Å². The van der Waals surface area contributed by atoms with Gasteiger partial charge < -0.3 is 15.0 Å². The van der Waals surface area contributed by atoms with Gasteiger partial charge in [0.1, 0.15) is 16.4 Å². The molecule has 1 heterocycles. The number of carbonyl (C=O) groups excluding carboxylic acids is 1. The van der Waals surface area contributed by atoms with Crippen molar-refractivity contribution in [2.75, 3.05) is 31.4 Å². The monoisotopic (exact) mass is 476 g/mol. The van der Waals surface area contributed by atoms with Crippen LogP contribution in [0.2, 0.25) is 10.0 Å². The van der Waals surface area contributed by atoms with E-state index in [1.807, 2.05) is 50.5 Å². The second-order valence-electron chi connectivity index (χ2n) is 6.81. The molecule has 0 atom stereocenters. The summed E-state index contributed by atoms with van der Waals surface area (Å²) >= 11 is 13.6. The Morgan fingerprint density at radius 2 is 1.81 bits per heavy atom. The van der Waals surface area contributed by atoms with Crippen molar-refractivity contribution in [2.24, 2.45) is 0 Å². The summed E-state index contributed by atoms with van der Waals surface area (Å²) in [6, 6.07) is 15.3. The number of thioether (sulfide) groups is 1. The van der Waals surface area contributed by atoms with Gasteiger partial charge in [-0.1, -0.05) is 59.6 Å². The number of ether oxygens (including phenoxy) is 1. The van der Waals surface area contributed by atoms with E-state index in [4.69, 9.17) is 27.9 Å². The summed E-state index contributed by atoms with van der Waals surface area (Å²) in [4.78, 5) is 23.6. The van der Waals surface area contributed by atoms with Crippen molar-refractivity contribution < 1.29 is 9.53 Å². The summed E-state index contributed by atoms with van der Waals surface area (Å²) in [5.74, 6) is 1.03. The molecule has 6 nitrogen and oxygen atoms in total. The lowest BCUT2D eigenvalue weighted by atomic mass is 10.2. The second-order valence-corrected chi connectivity index (χ2v) is 8.59.